The van der Waals surface area contributed by atoms with Crippen molar-refractivity contribution in [2.45, 2.75) is 45.7 Å². The molecule has 2 heterocycles. The SMILES string of the molecule is CCC(C)(C)NC(=O)[C@@H](C)N1CCN(C(=O)c2cnccn2)CC1. The van der Waals surface area contributed by atoms with E-state index in [9.17, 15) is 9.59 Å². The fourth-order valence-corrected chi connectivity index (χ4v) is 2.58. The Kier molecular flexibility index (Phi) is 5.88. The molecular weight excluding hydrogens is 306 g/mol. The first-order valence-electron chi connectivity index (χ1n) is 8.45. The fraction of sp³-hybridized carbons (Fsp3) is 0.647. The number of piperazine rings is 1. The summed E-state index contributed by atoms with van der Waals surface area (Å²) in [5.41, 5.74) is 0.163. The van der Waals surface area contributed by atoms with Crippen molar-refractivity contribution >= 4 is 11.8 Å². The number of carbonyl (C=O) groups excluding carboxylic acids is 2. The van der Waals surface area contributed by atoms with E-state index in [4.69, 9.17) is 0 Å². The zero-order valence-electron chi connectivity index (χ0n) is 15.0. The van der Waals surface area contributed by atoms with Crippen LogP contribution in [0, 0.1) is 0 Å². The molecule has 1 aliphatic heterocycles. The molecule has 0 unspecified atom stereocenters. The van der Waals surface area contributed by atoms with Crippen LogP contribution in [0.2, 0.25) is 0 Å². The number of hydrogen-bond acceptors (Lipinski definition) is 5. The van der Waals surface area contributed by atoms with Crippen LogP contribution in [0.3, 0.4) is 0 Å². The second-order valence-electron chi connectivity index (χ2n) is 6.82. The molecule has 0 aromatic carbocycles. The van der Waals surface area contributed by atoms with Gasteiger partial charge in [-0.25, -0.2) is 4.98 Å². The van der Waals surface area contributed by atoms with Crippen LogP contribution in [0.15, 0.2) is 18.6 Å². The van der Waals surface area contributed by atoms with Gasteiger partial charge in [-0.3, -0.25) is 19.5 Å². The van der Waals surface area contributed by atoms with Gasteiger partial charge in [-0.05, 0) is 27.2 Å². The monoisotopic (exact) mass is 333 g/mol. The van der Waals surface area contributed by atoms with E-state index in [0.717, 1.165) is 6.42 Å². The molecule has 0 saturated carbocycles. The van der Waals surface area contributed by atoms with Crippen LogP contribution in [0.4, 0.5) is 0 Å². The van der Waals surface area contributed by atoms with E-state index < -0.39 is 0 Å². The van der Waals surface area contributed by atoms with Crippen LogP contribution in [-0.2, 0) is 4.79 Å². The highest BCUT2D eigenvalue weighted by Crippen LogP contribution is 2.12. The van der Waals surface area contributed by atoms with Crippen molar-refractivity contribution in [1.82, 2.24) is 25.1 Å². The maximum atomic E-state index is 12.4. The standard InChI is InChI=1S/C17H27N5O2/c1-5-17(3,4)20-15(23)13(2)21-8-10-22(11-9-21)16(24)14-12-18-6-7-19-14/h6-7,12-13H,5,8-11H2,1-4H3,(H,20,23)/t13-/m1/s1. The Morgan fingerprint density at radius 3 is 2.46 bits per heavy atom. The molecular formula is C17H27N5O2. The highest BCUT2D eigenvalue weighted by atomic mass is 16.2. The number of rotatable bonds is 5. The number of nitrogens with one attached hydrogen (secondary N) is 1. The van der Waals surface area contributed by atoms with E-state index in [-0.39, 0.29) is 23.4 Å². The Labute approximate surface area is 143 Å². The summed E-state index contributed by atoms with van der Waals surface area (Å²) in [7, 11) is 0. The van der Waals surface area contributed by atoms with Crippen molar-refractivity contribution in [3.63, 3.8) is 0 Å². The lowest BCUT2D eigenvalue weighted by molar-refractivity contribution is -0.128. The number of carbonyl (C=O) groups is 2. The van der Waals surface area contributed by atoms with Crippen LogP contribution < -0.4 is 5.32 Å². The first-order valence-corrected chi connectivity index (χ1v) is 8.45. The molecule has 0 radical (unpaired) electrons. The van der Waals surface area contributed by atoms with Gasteiger partial charge in [0.2, 0.25) is 5.91 Å². The van der Waals surface area contributed by atoms with Crippen molar-refractivity contribution in [3.8, 4) is 0 Å². The number of nitrogens with zero attached hydrogens (tertiary/aromatic N) is 4. The molecule has 0 bridgehead atoms. The summed E-state index contributed by atoms with van der Waals surface area (Å²) in [6, 6.07) is -0.204. The minimum Gasteiger partial charge on any atom is -0.350 e. The summed E-state index contributed by atoms with van der Waals surface area (Å²) in [5, 5.41) is 3.08. The summed E-state index contributed by atoms with van der Waals surface area (Å²) < 4.78 is 0. The lowest BCUT2D eigenvalue weighted by atomic mass is 10.0. The van der Waals surface area contributed by atoms with Gasteiger partial charge in [0, 0.05) is 44.1 Å². The van der Waals surface area contributed by atoms with Crippen LogP contribution in [-0.4, -0.2) is 69.3 Å². The van der Waals surface area contributed by atoms with E-state index in [1.54, 1.807) is 11.1 Å². The van der Waals surface area contributed by atoms with E-state index in [0.29, 0.717) is 31.9 Å². The fourth-order valence-electron chi connectivity index (χ4n) is 2.58. The molecule has 2 rings (SSSR count). The molecule has 0 spiro atoms. The molecule has 1 aromatic heterocycles. The molecule has 1 saturated heterocycles. The van der Waals surface area contributed by atoms with Gasteiger partial charge >= 0.3 is 0 Å². The zero-order chi connectivity index (χ0) is 17.7. The van der Waals surface area contributed by atoms with Crippen molar-refractivity contribution in [3.05, 3.63) is 24.3 Å². The van der Waals surface area contributed by atoms with E-state index >= 15 is 0 Å². The molecule has 24 heavy (non-hydrogen) atoms. The maximum Gasteiger partial charge on any atom is 0.274 e. The summed E-state index contributed by atoms with van der Waals surface area (Å²) >= 11 is 0. The number of amides is 2. The number of aromatic nitrogens is 2. The minimum absolute atomic E-state index is 0.0375. The molecule has 1 atom stereocenters. The Hall–Kier alpha value is -2.02. The third kappa shape index (κ3) is 4.50. The van der Waals surface area contributed by atoms with Gasteiger partial charge in [0.25, 0.3) is 5.91 Å². The molecule has 1 aliphatic rings. The second-order valence-corrected chi connectivity index (χ2v) is 6.82. The third-order valence-corrected chi connectivity index (χ3v) is 4.66. The molecule has 0 aliphatic carbocycles. The van der Waals surface area contributed by atoms with Crippen LogP contribution >= 0.6 is 0 Å². The topological polar surface area (TPSA) is 78.4 Å². The average Bonchev–Trinajstić information content (AvgIpc) is 2.61. The predicted octanol–water partition coefficient (Wildman–Crippen LogP) is 0.928. The molecule has 7 heteroatoms. The minimum atomic E-state index is -0.204. The van der Waals surface area contributed by atoms with Gasteiger partial charge in [0.15, 0.2) is 0 Å². The summed E-state index contributed by atoms with van der Waals surface area (Å²) in [4.78, 5) is 36.6. The first kappa shape index (κ1) is 18.3. The Bertz CT molecular complexity index is 568. The van der Waals surface area contributed by atoms with Crippen LogP contribution in [0.1, 0.15) is 44.6 Å². The van der Waals surface area contributed by atoms with Gasteiger partial charge in [-0.15, -0.1) is 0 Å². The predicted molar refractivity (Wildman–Crippen MR) is 91.5 cm³/mol. The second kappa shape index (κ2) is 7.70. The largest absolute Gasteiger partial charge is 0.350 e. The molecule has 1 N–H and O–H groups in total. The van der Waals surface area contributed by atoms with Crippen LogP contribution in [0.5, 0.6) is 0 Å². The molecule has 7 nitrogen and oxygen atoms in total. The Morgan fingerprint density at radius 1 is 1.25 bits per heavy atom. The summed E-state index contributed by atoms with van der Waals surface area (Å²) in [5.74, 6) is -0.0671. The van der Waals surface area contributed by atoms with Crippen molar-refractivity contribution in [2.24, 2.45) is 0 Å². The molecule has 1 fully saturated rings. The van der Waals surface area contributed by atoms with Crippen molar-refractivity contribution in [1.29, 1.82) is 0 Å². The Morgan fingerprint density at radius 2 is 1.92 bits per heavy atom. The van der Waals surface area contributed by atoms with Crippen LogP contribution in [0.25, 0.3) is 0 Å². The lowest BCUT2D eigenvalue weighted by Crippen LogP contribution is -2.57. The maximum absolute atomic E-state index is 12.4. The van der Waals surface area contributed by atoms with Gasteiger partial charge in [-0.1, -0.05) is 6.92 Å². The summed E-state index contributed by atoms with van der Waals surface area (Å²) in [6.45, 7) is 10.5. The smallest absolute Gasteiger partial charge is 0.274 e. The van der Waals surface area contributed by atoms with E-state index in [1.165, 1.54) is 12.4 Å². The first-order chi connectivity index (χ1) is 11.3. The van der Waals surface area contributed by atoms with Crippen molar-refractivity contribution in [2.75, 3.05) is 26.2 Å². The highest BCUT2D eigenvalue weighted by molar-refractivity contribution is 5.92. The van der Waals surface area contributed by atoms with Gasteiger partial charge in [0.05, 0.1) is 12.2 Å². The zero-order valence-corrected chi connectivity index (χ0v) is 15.0. The highest BCUT2D eigenvalue weighted by Gasteiger charge is 2.30. The quantitative estimate of drug-likeness (QED) is 0.867. The average molecular weight is 333 g/mol. The van der Waals surface area contributed by atoms with Gasteiger partial charge < -0.3 is 10.2 Å². The lowest BCUT2D eigenvalue weighted by Gasteiger charge is -2.38. The van der Waals surface area contributed by atoms with E-state index in [1.807, 2.05) is 20.8 Å². The van der Waals surface area contributed by atoms with Gasteiger partial charge in [0.1, 0.15) is 5.69 Å². The molecule has 132 valence electrons. The van der Waals surface area contributed by atoms with Crippen molar-refractivity contribution < 1.29 is 9.59 Å². The Balaban J connectivity index is 1.88. The molecule has 2 amide bonds. The normalized spacial score (nSPS) is 17.4. The summed E-state index contributed by atoms with van der Waals surface area (Å²) in [6.07, 6.45) is 5.43. The van der Waals surface area contributed by atoms with Gasteiger partial charge in [-0.2, -0.15) is 0 Å². The third-order valence-electron chi connectivity index (χ3n) is 4.66. The number of hydrogen-bond donors (Lipinski definition) is 1. The molecule has 1 aromatic rings. The van der Waals surface area contributed by atoms with E-state index in [2.05, 4.69) is 27.1 Å².